The zero-order valence-corrected chi connectivity index (χ0v) is 14.4. The molecule has 21 heavy (non-hydrogen) atoms. The Balaban J connectivity index is 0.00000400. The Morgan fingerprint density at radius 3 is 2.43 bits per heavy atom. The summed E-state index contributed by atoms with van der Waals surface area (Å²) >= 11 is 0. The average molecular weight is 313 g/mol. The minimum Gasteiger partial charge on any atom is -0.354 e. The molecule has 1 unspecified atom stereocenters. The molecule has 0 fully saturated rings. The van der Waals surface area contributed by atoms with E-state index in [0.717, 1.165) is 19.3 Å². The molecule has 0 spiro atoms. The van der Waals surface area contributed by atoms with Crippen LogP contribution in [0, 0.1) is 5.41 Å². The maximum absolute atomic E-state index is 12.2. The lowest BCUT2D eigenvalue weighted by atomic mass is 9.85. The molecule has 2 N–H and O–H groups in total. The average Bonchev–Trinajstić information content (AvgIpc) is 2.45. The lowest BCUT2D eigenvalue weighted by Crippen LogP contribution is -2.43. The number of nitrogens with one attached hydrogen (secondary N) is 2. The summed E-state index contributed by atoms with van der Waals surface area (Å²) in [5.41, 5.74) is 1.04. The first kappa shape index (κ1) is 19.9. The molecule has 0 saturated carbocycles. The van der Waals surface area contributed by atoms with Crippen molar-refractivity contribution in [3.05, 3.63) is 35.9 Å². The van der Waals surface area contributed by atoms with Gasteiger partial charge < -0.3 is 10.6 Å². The Morgan fingerprint density at radius 2 is 1.86 bits per heavy atom. The Morgan fingerprint density at radius 1 is 1.24 bits per heavy atom. The van der Waals surface area contributed by atoms with Crippen molar-refractivity contribution in [2.45, 2.75) is 46.1 Å². The summed E-state index contributed by atoms with van der Waals surface area (Å²) in [5.74, 6) is 0.146. The van der Waals surface area contributed by atoms with Crippen LogP contribution in [0.5, 0.6) is 0 Å². The first-order chi connectivity index (χ1) is 9.45. The van der Waals surface area contributed by atoms with Gasteiger partial charge in [-0.2, -0.15) is 0 Å². The number of hydrogen-bond acceptors (Lipinski definition) is 2. The summed E-state index contributed by atoms with van der Waals surface area (Å²) < 4.78 is 0. The first-order valence-corrected chi connectivity index (χ1v) is 7.45. The fraction of sp³-hybridized carbons (Fsp3) is 0.588. The van der Waals surface area contributed by atoms with Gasteiger partial charge >= 0.3 is 0 Å². The van der Waals surface area contributed by atoms with Gasteiger partial charge in [0, 0.05) is 18.0 Å². The third-order valence-corrected chi connectivity index (χ3v) is 3.79. The van der Waals surface area contributed by atoms with Crippen LogP contribution in [-0.4, -0.2) is 25.5 Å². The molecule has 1 aromatic carbocycles. The van der Waals surface area contributed by atoms with Crippen molar-refractivity contribution in [1.82, 2.24) is 10.6 Å². The molecule has 1 rings (SSSR count). The summed E-state index contributed by atoms with van der Waals surface area (Å²) in [5, 5.41) is 6.14. The molecular formula is C17H29ClN2O. The number of aryl methyl sites for hydroxylation is 1. The molecule has 0 aliphatic rings. The van der Waals surface area contributed by atoms with Gasteiger partial charge in [0.2, 0.25) is 5.91 Å². The van der Waals surface area contributed by atoms with E-state index in [1.54, 1.807) is 0 Å². The lowest BCUT2D eigenvalue weighted by Gasteiger charge is -2.24. The normalized spacial score (nSPS) is 12.4. The summed E-state index contributed by atoms with van der Waals surface area (Å²) in [6.45, 7) is 6.79. The molecule has 1 aromatic rings. The number of likely N-dealkylation sites (N-methyl/N-ethyl adjacent to an activating group) is 1. The van der Waals surface area contributed by atoms with Gasteiger partial charge in [-0.3, -0.25) is 4.79 Å². The van der Waals surface area contributed by atoms with Crippen LogP contribution in [0.1, 0.15) is 39.2 Å². The number of carbonyl (C=O) groups excluding carboxylic acids is 1. The number of rotatable bonds is 8. The SMILES string of the molecule is CNC(C)CNC(=O)C(C)(C)CCCc1ccccc1.Cl. The summed E-state index contributed by atoms with van der Waals surface area (Å²) in [6, 6.07) is 10.7. The van der Waals surface area contributed by atoms with Gasteiger partial charge in [-0.25, -0.2) is 0 Å². The van der Waals surface area contributed by atoms with Crippen molar-refractivity contribution in [2.75, 3.05) is 13.6 Å². The zero-order valence-electron chi connectivity index (χ0n) is 13.6. The molecule has 120 valence electrons. The largest absolute Gasteiger partial charge is 0.354 e. The van der Waals surface area contributed by atoms with Crippen molar-refractivity contribution in [3.8, 4) is 0 Å². The number of halogens is 1. The molecule has 0 saturated heterocycles. The Kier molecular flexibility index (Phi) is 9.31. The maximum Gasteiger partial charge on any atom is 0.225 e. The van der Waals surface area contributed by atoms with E-state index < -0.39 is 0 Å². The quantitative estimate of drug-likeness (QED) is 0.774. The monoisotopic (exact) mass is 312 g/mol. The number of benzene rings is 1. The molecular weight excluding hydrogens is 284 g/mol. The van der Waals surface area contributed by atoms with Crippen LogP contribution in [0.4, 0.5) is 0 Å². The third kappa shape index (κ3) is 7.49. The van der Waals surface area contributed by atoms with Gasteiger partial charge in [-0.15, -0.1) is 12.4 Å². The standard InChI is InChI=1S/C17H28N2O.ClH/c1-14(18-4)13-19-16(20)17(2,3)12-8-11-15-9-6-5-7-10-15;/h5-7,9-10,14,18H,8,11-13H2,1-4H3,(H,19,20);1H. The highest BCUT2D eigenvalue weighted by atomic mass is 35.5. The Labute approximate surface area is 135 Å². The van der Waals surface area contributed by atoms with Crippen molar-refractivity contribution < 1.29 is 4.79 Å². The lowest BCUT2D eigenvalue weighted by molar-refractivity contribution is -0.129. The van der Waals surface area contributed by atoms with E-state index in [9.17, 15) is 4.79 Å². The van der Waals surface area contributed by atoms with Crippen molar-refractivity contribution in [3.63, 3.8) is 0 Å². The highest BCUT2D eigenvalue weighted by Crippen LogP contribution is 2.23. The van der Waals surface area contributed by atoms with Crippen LogP contribution in [0.15, 0.2) is 30.3 Å². The predicted molar refractivity (Wildman–Crippen MR) is 91.9 cm³/mol. The van der Waals surface area contributed by atoms with Gasteiger partial charge in [-0.05, 0) is 38.8 Å². The molecule has 0 aliphatic heterocycles. The van der Waals surface area contributed by atoms with Crippen LogP contribution in [0.3, 0.4) is 0 Å². The number of hydrogen-bond donors (Lipinski definition) is 2. The second-order valence-electron chi connectivity index (χ2n) is 6.12. The zero-order chi connectivity index (χ0) is 15.0. The van der Waals surface area contributed by atoms with Gasteiger partial charge in [-0.1, -0.05) is 44.2 Å². The third-order valence-electron chi connectivity index (χ3n) is 3.79. The van der Waals surface area contributed by atoms with Gasteiger partial charge in [0.05, 0.1) is 0 Å². The van der Waals surface area contributed by atoms with Crippen molar-refractivity contribution in [1.29, 1.82) is 0 Å². The van der Waals surface area contributed by atoms with Crippen molar-refractivity contribution >= 4 is 18.3 Å². The smallest absolute Gasteiger partial charge is 0.225 e. The van der Waals surface area contributed by atoms with Crippen LogP contribution >= 0.6 is 12.4 Å². The second-order valence-corrected chi connectivity index (χ2v) is 6.12. The summed E-state index contributed by atoms with van der Waals surface area (Å²) in [7, 11) is 1.90. The number of carbonyl (C=O) groups is 1. The molecule has 3 nitrogen and oxygen atoms in total. The molecule has 1 amide bonds. The first-order valence-electron chi connectivity index (χ1n) is 7.45. The molecule has 0 radical (unpaired) electrons. The maximum atomic E-state index is 12.2. The minimum absolute atomic E-state index is 0. The van der Waals surface area contributed by atoms with Gasteiger partial charge in [0.1, 0.15) is 0 Å². The van der Waals surface area contributed by atoms with Crippen molar-refractivity contribution in [2.24, 2.45) is 5.41 Å². The van der Waals surface area contributed by atoms with Crippen LogP contribution in [0.25, 0.3) is 0 Å². The predicted octanol–water partition coefficient (Wildman–Crippen LogP) is 3.18. The fourth-order valence-electron chi connectivity index (χ4n) is 2.08. The topological polar surface area (TPSA) is 41.1 Å². The molecule has 1 atom stereocenters. The second kappa shape index (κ2) is 9.80. The van der Waals surface area contributed by atoms with Gasteiger partial charge in [0.15, 0.2) is 0 Å². The fourth-order valence-corrected chi connectivity index (χ4v) is 2.08. The number of amides is 1. The van der Waals surface area contributed by atoms with E-state index >= 15 is 0 Å². The van der Waals surface area contributed by atoms with E-state index in [-0.39, 0.29) is 23.7 Å². The van der Waals surface area contributed by atoms with E-state index in [4.69, 9.17) is 0 Å². The molecule has 0 bridgehead atoms. The highest BCUT2D eigenvalue weighted by Gasteiger charge is 2.26. The Bertz CT molecular complexity index is 407. The van der Waals surface area contributed by atoms with Gasteiger partial charge in [0.25, 0.3) is 0 Å². The molecule has 0 aromatic heterocycles. The molecule has 4 heteroatoms. The van der Waals surface area contributed by atoms with E-state index in [1.807, 2.05) is 27.0 Å². The summed E-state index contributed by atoms with van der Waals surface area (Å²) in [4.78, 5) is 12.2. The highest BCUT2D eigenvalue weighted by molar-refractivity contribution is 5.85. The molecule has 0 aliphatic carbocycles. The van der Waals surface area contributed by atoms with E-state index in [1.165, 1.54) is 5.56 Å². The van der Waals surface area contributed by atoms with Crippen LogP contribution in [-0.2, 0) is 11.2 Å². The van der Waals surface area contributed by atoms with Crippen LogP contribution < -0.4 is 10.6 Å². The Hall–Kier alpha value is -1.06. The summed E-state index contributed by atoms with van der Waals surface area (Å²) in [6.07, 6.45) is 2.97. The van der Waals surface area contributed by atoms with Crippen LogP contribution in [0.2, 0.25) is 0 Å². The molecule has 0 heterocycles. The minimum atomic E-state index is -0.303. The van der Waals surface area contributed by atoms with E-state index in [2.05, 4.69) is 41.8 Å². The van der Waals surface area contributed by atoms with E-state index in [0.29, 0.717) is 12.6 Å².